The van der Waals surface area contributed by atoms with E-state index in [9.17, 15) is 9.59 Å². The van der Waals surface area contributed by atoms with Crippen molar-refractivity contribution in [2.45, 2.75) is 58.5 Å². The minimum atomic E-state index is -0.199. The normalized spacial score (nSPS) is 18.9. The molecular weight excluding hydrogens is 416 g/mol. The first-order valence-electron chi connectivity index (χ1n) is 11.4. The van der Waals surface area contributed by atoms with Crippen molar-refractivity contribution >= 4 is 39.8 Å². The van der Waals surface area contributed by atoms with Crippen molar-refractivity contribution in [3.8, 4) is 0 Å². The number of carbonyl (C=O) groups excluding carboxylic acids is 2. The molecule has 1 aliphatic heterocycles. The summed E-state index contributed by atoms with van der Waals surface area (Å²) in [6.45, 7) is 4.57. The van der Waals surface area contributed by atoms with E-state index in [4.69, 9.17) is 0 Å². The Morgan fingerprint density at radius 3 is 2.50 bits per heavy atom. The molecule has 2 amide bonds. The lowest BCUT2D eigenvalue weighted by Crippen LogP contribution is -2.27. The maximum atomic E-state index is 13.1. The summed E-state index contributed by atoms with van der Waals surface area (Å²) >= 11 is 1.05. The van der Waals surface area contributed by atoms with Gasteiger partial charge in [-0.3, -0.25) is 14.5 Å². The molecule has 4 nitrogen and oxygen atoms in total. The maximum Gasteiger partial charge on any atom is 0.293 e. The standard InChI is InChI=1S/C27H28N2O2S/c1-18-14-23(19(2)29(18)24-10-4-3-5-11-24)16-25-26(30)28(27(31)32-25)17-20-12-13-21-8-6-7-9-22(21)15-20/h6-9,12-16,24H,3-5,10-11,17H2,1-2H3/b25-16-. The number of hydrogen-bond acceptors (Lipinski definition) is 3. The highest BCUT2D eigenvalue weighted by Gasteiger charge is 2.35. The lowest BCUT2D eigenvalue weighted by atomic mass is 9.95. The molecule has 0 radical (unpaired) electrons. The number of thioether (sulfide) groups is 1. The summed E-state index contributed by atoms with van der Waals surface area (Å²) in [6.07, 6.45) is 8.24. The Balaban J connectivity index is 1.38. The third-order valence-electron chi connectivity index (χ3n) is 6.78. The number of nitrogens with zero attached hydrogens (tertiary/aromatic N) is 2. The molecule has 0 spiro atoms. The number of aryl methyl sites for hydroxylation is 1. The topological polar surface area (TPSA) is 42.3 Å². The van der Waals surface area contributed by atoms with E-state index >= 15 is 0 Å². The minimum Gasteiger partial charge on any atom is -0.346 e. The number of aromatic nitrogens is 1. The predicted octanol–water partition coefficient (Wildman–Crippen LogP) is 7.00. The molecule has 164 valence electrons. The van der Waals surface area contributed by atoms with E-state index in [1.165, 1.54) is 48.4 Å². The highest BCUT2D eigenvalue weighted by atomic mass is 32.2. The Kier molecular flexibility index (Phi) is 5.68. The Labute approximate surface area is 193 Å². The highest BCUT2D eigenvalue weighted by molar-refractivity contribution is 8.18. The Morgan fingerprint density at radius 2 is 1.72 bits per heavy atom. The van der Waals surface area contributed by atoms with Gasteiger partial charge in [0.25, 0.3) is 11.1 Å². The number of benzene rings is 2. The van der Waals surface area contributed by atoms with Gasteiger partial charge >= 0.3 is 0 Å². The monoisotopic (exact) mass is 444 g/mol. The number of amides is 2. The molecule has 1 saturated carbocycles. The molecule has 3 aromatic rings. The summed E-state index contributed by atoms with van der Waals surface area (Å²) in [5.41, 5.74) is 4.43. The zero-order valence-electron chi connectivity index (χ0n) is 18.6. The fraction of sp³-hybridized carbons (Fsp3) is 0.333. The first-order valence-corrected chi connectivity index (χ1v) is 12.2. The molecule has 2 heterocycles. The van der Waals surface area contributed by atoms with Crippen LogP contribution in [-0.2, 0) is 11.3 Å². The van der Waals surface area contributed by atoms with Crippen molar-refractivity contribution in [3.63, 3.8) is 0 Å². The van der Waals surface area contributed by atoms with Crippen molar-refractivity contribution in [2.24, 2.45) is 0 Å². The lowest BCUT2D eigenvalue weighted by molar-refractivity contribution is -0.123. The molecule has 0 N–H and O–H groups in total. The summed E-state index contributed by atoms with van der Waals surface area (Å²) in [5, 5.41) is 2.07. The van der Waals surface area contributed by atoms with E-state index in [1.54, 1.807) is 0 Å². The third-order valence-corrected chi connectivity index (χ3v) is 7.69. The van der Waals surface area contributed by atoms with Gasteiger partial charge in [-0.15, -0.1) is 0 Å². The molecule has 2 aromatic carbocycles. The molecule has 32 heavy (non-hydrogen) atoms. The van der Waals surface area contributed by atoms with Crippen LogP contribution in [0.25, 0.3) is 16.8 Å². The summed E-state index contributed by atoms with van der Waals surface area (Å²) in [4.78, 5) is 27.7. The van der Waals surface area contributed by atoms with Crippen molar-refractivity contribution in [1.82, 2.24) is 9.47 Å². The largest absolute Gasteiger partial charge is 0.346 e. The van der Waals surface area contributed by atoms with Crippen LogP contribution in [0.5, 0.6) is 0 Å². The van der Waals surface area contributed by atoms with Crippen molar-refractivity contribution < 1.29 is 9.59 Å². The SMILES string of the molecule is Cc1cc(/C=C2\SC(=O)N(Cc3ccc4ccccc4c3)C2=O)c(C)n1C1CCCCC1. The van der Waals surface area contributed by atoms with Gasteiger partial charge in [-0.25, -0.2) is 0 Å². The summed E-state index contributed by atoms with van der Waals surface area (Å²) in [5.74, 6) is -0.198. The van der Waals surface area contributed by atoms with Gasteiger partial charge in [0.2, 0.25) is 0 Å². The molecule has 2 fully saturated rings. The average molecular weight is 445 g/mol. The first-order chi connectivity index (χ1) is 15.5. The van der Waals surface area contributed by atoms with E-state index in [0.29, 0.717) is 17.5 Å². The fourth-order valence-corrected chi connectivity index (χ4v) is 5.98. The molecule has 1 aromatic heterocycles. The van der Waals surface area contributed by atoms with Gasteiger partial charge in [0.05, 0.1) is 11.4 Å². The molecule has 1 saturated heterocycles. The number of fused-ring (bicyclic) bond motifs is 1. The molecule has 0 atom stereocenters. The van der Waals surface area contributed by atoms with Gasteiger partial charge in [0, 0.05) is 17.4 Å². The first kappa shape index (κ1) is 21.1. The van der Waals surface area contributed by atoms with Crippen LogP contribution in [-0.4, -0.2) is 20.6 Å². The second-order valence-corrected chi connectivity index (χ2v) is 9.93. The molecule has 5 rings (SSSR count). The van der Waals surface area contributed by atoms with Crippen molar-refractivity contribution in [2.75, 3.05) is 0 Å². The number of carbonyl (C=O) groups is 2. The zero-order valence-corrected chi connectivity index (χ0v) is 19.5. The number of imide groups is 1. The molecule has 1 aliphatic carbocycles. The average Bonchev–Trinajstić information content (AvgIpc) is 3.23. The number of rotatable bonds is 4. The smallest absolute Gasteiger partial charge is 0.293 e. The van der Waals surface area contributed by atoms with Crippen LogP contribution in [0, 0.1) is 13.8 Å². The van der Waals surface area contributed by atoms with E-state index in [-0.39, 0.29) is 11.1 Å². The summed E-state index contributed by atoms with van der Waals surface area (Å²) in [6, 6.07) is 16.9. The van der Waals surface area contributed by atoms with Crippen LogP contribution < -0.4 is 0 Å². The van der Waals surface area contributed by atoms with Crippen LogP contribution in [0.4, 0.5) is 4.79 Å². The fourth-order valence-electron chi connectivity index (χ4n) is 5.15. The number of hydrogen-bond donors (Lipinski definition) is 0. The quantitative estimate of drug-likeness (QED) is 0.407. The molecule has 2 aliphatic rings. The maximum absolute atomic E-state index is 13.1. The Hall–Kier alpha value is -2.79. The second kappa shape index (κ2) is 8.62. The molecule has 5 heteroatoms. The van der Waals surface area contributed by atoms with Crippen LogP contribution >= 0.6 is 11.8 Å². The van der Waals surface area contributed by atoms with E-state index < -0.39 is 0 Å². The lowest BCUT2D eigenvalue weighted by Gasteiger charge is -2.26. The van der Waals surface area contributed by atoms with E-state index in [1.807, 2.05) is 30.3 Å². The Morgan fingerprint density at radius 1 is 0.969 bits per heavy atom. The van der Waals surface area contributed by atoms with Gasteiger partial charge < -0.3 is 4.57 Å². The highest BCUT2D eigenvalue weighted by Crippen LogP contribution is 2.36. The minimum absolute atomic E-state index is 0.198. The van der Waals surface area contributed by atoms with Crippen LogP contribution in [0.15, 0.2) is 53.4 Å². The molecular formula is C27H28N2O2S. The van der Waals surface area contributed by atoms with E-state index in [2.05, 4.69) is 42.7 Å². The zero-order chi connectivity index (χ0) is 22.2. The van der Waals surface area contributed by atoms with Gasteiger partial charge in [-0.2, -0.15) is 0 Å². The van der Waals surface area contributed by atoms with Crippen LogP contribution in [0.2, 0.25) is 0 Å². The Bertz CT molecular complexity index is 1230. The van der Waals surface area contributed by atoms with Gasteiger partial charge in [0.15, 0.2) is 0 Å². The third kappa shape index (κ3) is 3.90. The van der Waals surface area contributed by atoms with Crippen molar-refractivity contribution in [3.05, 3.63) is 76.0 Å². The van der Waals surface area contributed by atoms with Crippen molar-refractivity contribution in [1.29, 1.82) is 0 Å². The predicted molar refractivity (Wildman–Crippen MR) is 131 cm³/mol. The van der Waals surface area contributed by atoms with Gasteiger partial charge in [-0.1, -0.05) is 55.7 Å². The van der Waals surface area contributed by atoms with Gasteiger partial charge in [-0.05, 0) is 78.6 Å². The summed E-state index contributed by atoms with van der Waals surface area (Å²) < 4.78 is 2.43. The van der Waals surface area contributed by atoms with Crippen LogP contribution in [0.3, 0.4) is 0 Å². The van der Waals surface area contributed by atoms with E-state index in [0.717, 1.165) is 33.7 Å². The summed E-state index contributed by atoms with van der Waals surface area (Å²) in [7, 11) is 0. The van der Waals surface area contributed by atoms with Gasteiger partial charge in [0.1, 0.15) is 0 Å². The van der Waals surface area contributed by atoms with Crippen LogP contribution in [0.1, 0.15) is 60.7 Å². The second-order valence-electron chi connectivity index (χ2n) is 8.94. The molecule has 0 bridgehead atoms. The molecule has 0 unspecified atom stereocenters.